The summed E-state index contributed by atoms with van der Waals surface area (Å²) in [5, 5.41) is 2.48. The monoisotopic (exact) mass is 583 g/mol. The minimum absolute atomic E-state index is 0.00333. The van der Waals surface area contributed by atoms with Crippen molar-refractivity contribution < 1.29 is 50.2 Å². The van der Waals surface area contributed by atoms with Crippen molar-refractivity contribution in [1.29, 1.82) is 0 Å². The van der Waals surface area contributed by atoms with Gasteiger partial charge in [-0.05, 0) is 63.8 Å². The molecule has 14 heteroatoms. The van der Waals surface area contributed by atoms with Crippen LogP contribution < -0.4 is 5.32 Å². The Kier molecular flexibility index (Phi) is 10.4. The van der Waals surface area contributed by atoms with E-state index < -0.39 is 77.4 Å². The van der Waals surface area contributed by atoms with Crippen LogP contribution in [-0.2, 0) is 33.2 Å². The number of methoxy groups -OCH3 is 1. The Balaban J connectivity index is 2.53. The Bertz CT molecular complexity index is 1040. The van der Waals surface area contributed by atoms with E-state index in [-0.39, 0.29) is 25.3 Å². The summed E-state index contributed by atoms with van der Waals surface area (Å²) in [6.07, 6.45) is -11.4. The van der Waals surface area contributed by atoms with Crippen molar-refractivity contribution in [3.05, 3.63) is 34.9 Å². The zero-order valence-electron chi connectivity index (χ0n) is 23.2. The van der Waals surface area contributed by atoms with Gasteiger partial charge in [0.15, 0.2) is 0 Å². The lowest BCUT2D eigenvalue weighted by Crippen LogP contribution is -2.59. The predicted molar refractivity (Wildman–Crippen MR) is 132 cm³/mol. The van der Waals surface area contributed by atoms with Gasteiger partial charge in [0.25, 0.3) is 0 Å². The molecule has 1 aromatic carbocycles. The second-order valence-corrected chi connectivity index (χ2v) is 10.6. The minimum atomic E-state index is -5.06. The van der Waals surface area contributed by atoms with Gasteiger partial charge in [0.05, 0.1) is 18.2 Å². The highest BCUT2D eigenvalue weighted by Crippen LogP contribution is 2.38. The number of carbonyl (C=O) groups excluding carboxylic acids is 3. The van der Waals surface area contributed by atoms with E-state index in [2.05, 4.69) is 5.32 Å². The lowest BCUT2D eigenvalue weighted by Gasteiger charge is -2.47. The van der Waals surface area contributed by atoms with E-state index in [1.165, 1.54) is 11.9 Å². The Morgan fingerprint density at radius 2 is 1.50 bits per heavy atom. The molecule has 1 N–H and O–H groups in total. The first kappa shape index (κ1) is 33.0. The number of alkyl halides is 6. The number of rotatable bonds is 6. The van der Waals surface area contributed by atoms with Crippen LogP contribution in [0, 0.1) is 0 Å². The van der Waals surface area contributed by atoms with Crippen molar-refractivity contribution >= 4 is 18.1 Å². The summed E-state index contributed by atoms with van der Waals surface area (Å²) < 4.78 is 91.0. The van der Waals surface area contributed by atoms with Crippen molar-refractivity contribution in [1.82, 2.24) is 15.1 Å². The number of piperidine rings is 1. The highest BCUT2D eigenvalue weighted by atomic mass is 19.4. The fourth-order valence-electron chi connectivity index (χ4n) is 4.75. The predicted octanol–water partition coefficient (Wildman–Crippen LogP) is 5.98. The third kappa shape index (κ3) is 8.65. The zero-order chi connectivity index (χ0) is 30.6. The first-order chi connectivity index (χ1) is 18.3. The van der Waals surface area contributed by atoms with Gasteiger partial charge in [0.1, 0.15) is 5.60 Å². The summed E-state index contributed by atoms with van der Waals surface area (Å²) in [7, 11) is 2.45. The maximum atomic E-state index is 13.4. The topological polar surface area (TPSA) is 88.2 Å². The van der Waals surface area contributed by atoms with Crippen LogP contribution in [0.3, 0.4) is 0 Å². The SMILES string of the molecule is CCC1CC(N(Cc2cc(C(F)(F)F)cc(C(F)(F)F)c2)C(=O)OC)CC(CC(=O)NC)N1C(=O)OC(C)(C)C. The summed E-state index contributed by atoms with van der Waals surface area (Å²) in [6, 6.07) is -0.992. The molecule has 40 heavy (non-hydrogen) atoms. The van der Waals surface area contributed by atoms with Crippen molar-refractivity contribution in [2.24, 2.45) is 0 Å². The Morgan fingerprint density at radius 3 is 1.93 bits per heavy atom. The van der Waals surface area contributed by atoms with Gasteiger partial charge in [-0.3, -0.25) is 4.79 Å². The van der Waals surface area contributed by atoms with Crippen molar-refractivity contribution in [2.45, 2.75) is 96.0 Å². The van der Waals surface area contributed by atoms with Crippen LogP contribution in [0.5, 0.6) is 0 Å². The molecule has 0 aliphatic carbocycles. The molecule has 0 bridgehead atoms. The molecule has 3 amide bonds. The van der Waals surface area contributed by atoms with Crippen LogP contribution >= 0.6 is 0 Å². The second-order valence-electron chi connectivity index (χ2n) is 10.6. The maximum absolute atomic E-state index is 13.4. The van der Waals surface area contributed by atoms with E-state index in [4.69, 9.17) is 9.47 Å². The molecule has 3 atom stereocenters. The fraction of sp³-hybridized carbons (Fsp3) is 0.654. The first-order valence-corrected chi connectivity index (χ1v) is 12.7. The number of nitrogens with zero attached hydrogens (tertiary/aromatic N) is 2. The molecule has 0 saturated carbocycles. The molecular formula is C26H35F6N3O5. The number of hydrogen-bond acceptors (Lipinski definition) is 5. The van der Waals surface area contributed by atoms with E-state index >= 15 is 0 Å². The summed E-state index contributed by atoms with van der Waals surface area (Å²) >= 11 is 0. The number of carbonyl (C=O) groups is 3. The molecule has 0 spiro atoms. The number of benzene rings is 1. The minimum Gasteiger partial charge on any atom is -0.453 e. The van der Waals surface area contributed by atoms with Gasteiger partial charge in [-0.15, -0.1) is 0 Å². The Morgan fingerprint density at radius 1 is 0.975 bits per heavy atom. The summed E-state index contributed by atoms with van der Waals surface area (Å²) in [4.78, 5) is 40.8. The summed E-state index contributed by atoms with van der Waals surface area (Å²) in [5.74, 6) is -0.411. The average Bonchev–Trinajstić information content (AvgIpc) is 2.83. The van der Waals surface area contributed by atoms with Crippen molar-refractivity contribution in [3.8, 4) is 0 Å². The Hall–Kier alpha value is -3.19. The molecule has 1 saturated heterocycles. The summed E-state index contributed by atoms with van der Waals surface area (Å²) in [5.41, 5.74) is -4.27. The number of nitrogens with one attached hydrogen (secondary N) is 1. The lowest BCUT2D eigenvalue weighted by atomic mass is 9.87. The van der Waals surface area contributed by atoms with E-state index in [0.717, 1.165) is 12.0 Å². The molecule has 1 aliphatic heterocycles. The maximum Gasteiger partial charge on any atom is 0.416 e. The smallest absolute Gasteiger partial charge is 0.416 e. The molecule has 2 rings (SSSR count). The van der Waals surface area contributed by atoms with Crippen LogP contribution in [-0.4, -0.2) is 65.8 Å². The normalized spacial score (nSPS) is 20.1. The van der Waals surface area contributed by atoms with Crippen LogP contribution in [0.25, 0.3) is 0 Å². The second kappa shape index (κ2) is 12.5. The zero-order valence-corrected chi connectivity index (χ0v) is 23.2. The van der Waals surface area contributed by atoms with Crippen LogP contribution in [0.15, 0.2) is 18.2 Å². The highest BCUT2D eigenvalue weighted by Gasteiger charge is 2.44. The number of amides is 3. The molecule has 1 aromatic rings. The number of likely N-dealkylation sites (tertiary alicyclic amines) is 1. The average molecular weight is 584 g/mol. The van der Waals surface area contributed by atoms with Crippen molar-refractivity contribution in [3.63, 3.8) is 0 Å². The van der Waals surface area contributed by atoms with Crippen LogP contribution in [0.2, 0.25) is 0 Å². The van der Waals surface area contributed by atoms with Gasteiger partial charge in [-0.25, -0.2) is 9.59 Å². The molecule has 8 nitrogen and oxygen atoms in total. The molecule has 0 aromatic heterocycles. The van der Waals surface area contributed by atoms with Gasteiger partial charge in [-0.2, -0.15) is 26.3 Å². The number of hydrogen-bond donors (Lipinski definition) is 1. The number of halogens is 6. The molecule has 3 unspecified atom stereocenters. The molecule has 226 valence electrons. The summed E-state index contributed by atoms with van der Waals surface area (Å²) in [6.45, 7) is 6.17. The van der Waals surface area contributed by atoms with Crippen LogP contribution in [0.4, 0.5) is 35.9 Å². The van der Waals surface area contributed by atoms with Gasteiger partial charge < -0.3 is 24.6 Å². The Labute approximate surface area is 228 Å². The lowest BCUT2D eigenvalue weighted by molar-refractivity contribution is -0.143. The highest BCUT2D eigenvalue weighted by molar-refractivity contribution is 5.78. The van der Waals surface area contributed by atoms with Crippen LogP contribution in [0.1, 0.15) is 70.1 Å². The third-order valence-electron chi connectivity index (χ3n) is 6.50. The number of ether oxygens (including phenoxy) is 2. The molecule has 1 aliphatic rings. The standard InChI is InChI=1S/C26H35F6N3O5/c1-7-18-11-19(12-20(13-21(36)33-5)35(18)23(38)40-24(2,3)4)34(22(37)39-6)14-15-8-16(25(27,28)29)10-17(9-15)26(30,31)32/h8-10,18-20H,7,11-14H2,1-6H3,(H,33,36). The van der Waals surface area contributed by atoms with E-state index in [1.54, 1.807) is 27.7 Å². The van der Waals surface area contributed by atoms with E-state index in [1.807, 2.05) is 0 Å². The molecule has 0 radical (unpaired) electrons. The van der Waals surface area contributed by atoms with Gasteiger partial charge in [0.2, 0.25) is 5.91 Å². The molecule has 1 heterocycles. The molecular weight excluding hydrogens is 548 g/mol. The van der Waals surface area contributed by atoms with Gasteiger partial charge in [0, 0.05) is 38.1 Å². The van der Waals surface area contributed by atoms with Gasteiger partial charge in [-0.1, -0.05) is 6.92 Å². The van der Waals surface area contributed by atoms with E-state index in [0.29, 0.717) is 18.6 Å². The first-order valence-electron chi connectivity index (χ1n) is 12.7. The third-order valence-corrected chi connectivity index (χ3v) is 6.50. The largest absolute Gasteiger partial charge is 0.453 e. The molecule has 1 fully saturated rings. The van der Waals surface area contributed by atoms with Crippen molar-refractivity contribution in [2.75, 3.05) is 14.2 Å². The quantitative estimate of drug-likeness (QED) is 0.417. The van der Waals surface area contributed by atoms with E-state index in [9.17, 15) is 40.7 Å². The van der Waals surface area contributed by atoms with Gasteiger partial charge >= 0.3 is 24.5 Å². The fourth-order valence-corrected chi connectivity index (χ4v) is 4.75.